The summed E-state index contributed by atoms with van der Waals surface area (Å²) in [6, 6.07) is 12.7. The second-order valence-corrected chi connectivity index (χ2v) is 6.47. The highest BCUT2D eigenvalue weighted by Crippen LogP contribution is 2.26. The van der Waals surface area contributed by atoms with Crippen LogP contribution >= 0.6 is 22.9 Å². The third kappa shape index (κ3) is 3.55. The third-order valence-corrected chi connectivity index (χ3v) is 4.69. The highest BCUT2D eigenvalue weighted by Gasteiger charge is 2.21. The van der Waals surface area contributed by atoms with Gasteiger partial charge in [-0.05, 0) is 36.6 Å². The van der Waals surface area contributed by atoms with E-state index in [9.17, 15) is 9.59 Å². The van der Waals surface area contributed by atoms with Gasteiger partial charge in [-0.1, -0.05) is 29.8 Å². The van der Waals surface area contributed by atoms with Crippen molar-refractivity contribution in [1.29, 1.82) is 0 Å². The first kappa shape index (κ1) is 16.4. The van der Waals surface area contributed by atoms with Crippen molar-refractivity contribution in [1.82, 2.24) is 4.98 Å². The number of halogens is 1. The summed E-state index contributed by atoms with van der Waals surface area (Å²) in [7, 11) is 0. The van der Waals surface area contributed by atoms with E-state index in [4.69, 9.17) is 16.3 Å². The number of aromatic nitrogens is 1. The highest BCUT2D eigenvalue weighted by molar-refractivity contribution is 7.20. The summed E-state index contributed by atoms with van der Waals surface area (Å²) in [6.45, 7) is 1.50. The molecule has 0 aliphatic carbocycles. The standard InChI is InChI=1S/C17H13ClN2O3S/c1-10(16(21)20-12-6-4-8-19-15(12)18)23-17(22)14-9-11-5-2-3-7-13(11)24-14/h2-10H,1H3,(H,20,21)/t10-/m1/s1. The Hall–Kier alpha value is -2.44. The summed E-state index contributed by atoms with van der Waals surface area (Å²) < 4.78 is 6.23. The summed E-state index contributed by atoms with van der Waals surface area (Å²) in [6.07, 6.45) is 0.557. The van der Waals surface area contributed by atoms with Gasteiger partial charge < -0.3 is 10.1 Å². The number of amides is 1. The maximum atomic E-state index is 12.2. The summed E-state index contributed by atoms with van der Waals surface area (Å²) in [4.78, 5) is 28.7. The van der Waals surface area contributed by atoms with Crippen LogP contribution in [0.1, 0.15) is 16.6 Å². The number of hydrogen-bond acceptors (Lipinski definition) is 5. The van der Waals surface area contributed by atoms with Crippen LogP contribution in [0.5, 0.6) is 0 Å². The molecular formula is C17H13ClN2O3S. The monoisotopic (exact) mass is 360 g/mol. The maximum Gasteiger partial charge on any atom is 0.349 e. The molecule has 0 bridgehead atoms. The Morgan fingerprint density at radius 2 is 2.04 bits per heavy atom. The van der Waals surface area contributed by atoms with Crippen LogP contribution in [-0.2, 0) is 9.53 Å². The Morgan fingerprint density at radius 3 is 2.79 bits per heavy atom. The van der Waals surface area contributed by atoms with Gasteiger partial charge in [0.1, 0.15) is 4.88 Å². The van der Waals surface area contributed by atoms with Crippen molar-refractivity contribution in [3.8, 4) is 0 Å². The number of nitrogens with one attached hydrogen (secondary N) is 1. The lowest BCUT2D eigenvalue weighted by molar-refractivity contribution is -0.123. The van der Waals surface area contributed by atoms with Crippen LogP contribution in [0.15, 0.2) is 48.7 Å². The molecule has 5 nitrogen and oxygen atoms in total. The fraction of sp³-hybridized carbons (Fsp3) is 0.118. The molecule has 24 heavy (non-hydrogen) atoms. The van der Waals surface area contributed by atoms with E-state index in [1.54, 1.807) is 18.2 Å². The summed E-state index contributed by atoms with van der Waals surface area (Å²) in [5.74, 6) is -1.00. The number of anilines is 1. The van der Waals surface area contributed by atoms with Crippen LogP contribution in [0.2, 0.25) is 5.15 Å². The molecule has 0 unspecified atom stereocenters. The molecule has 0 radical (unpaired) electrons. The van der Waals surface area contributed by atoms with E-state index in [-0.39, 0.29) is 5.15 Å². The SMILES string of the molecule is C[C@@H](OC(=O)c1cc2ccccc2s1)C(=O)Nc1cccnc1Cl. The largest absolute Gasteiger partial charge is 0.448 e. The van der Waals surface area contributed by atoms with Gasteiger partial charge >= 0.3 is 5.97 Å². The number of ether oxygens (including phenoxy) is 1. The second-order valence-electron chi connectivity index (χ2n) is 5.03. The van der Waals surface area contributed by atoms with Crippen LogP contribution in [0.4, 0.5) is 5.69 Å². The lowest BCUT2D eigenvalue weighted by Crippen LogP contribution is -2.29. The van der Waals surface area contributed by atoms with E-state index in [0.29, 0.717) is 10.6 Å². The number of carbonyl (C=O) groups is 2. The third-order valence-electron chi connectivity index (χ3n) is 3.30. The molecule has 1 aromatic carbocycles. The molecule has 2 aromatic heterocycles. The van der Waals surface area contributed by atoms with Crippen molar-refractivity contribution in [2.45, 2.75) is 13.0 Å². The molecule has 2 heterocycles. The van der Waals surface area contributed by atoms with E-state index < -0.39 is 18.0 Å². The van der Waals surface area contributed by atoms with Gasteiger partial charge in [0.05, 0.1) is 5.69 Å². The van der Waals surface area contributed by atoms with E-state index >= 15 is 0 Å². The fourth-order valence-corrected chi connectivity index (χ4v) is 3.18. The van der Waals surface area contributed by atoms with Crippen molar-refractivity contribution in [3.05, 3.63) is 58.7 Å². The summed E-state index contributed by atoms with van der Waals surface area (Å²) >= 11 is 7.22. The molecule has 3 rings (SSSR count). The predicted octanol–water partition coefficient (Wildman–Crippen LogP) is 4.13. The first-order valence-corrected chi connectivity index (χ1v) is 8.35. The number of rotatable bonds is 4. The topological polar surface area (TPSA) is 68.3 Å². The average Bonchev–Trinajstić information content (AvgIpc) is 3.01. The molecule has 1 amide bonds. The number of carbonyl (C=O) groups excluding carboxylic acids is 2. The second kappa shape index (κ2) is 6.98. The fourth-order valence-electron chi connectivity index (χ4n) is 2.07. The molecule has 1 atom stereocenters. The minimum absolute atomic E-state index is 0.175. The molecule has 7 heteroatoms. The van der Waals surface area contributed by atoms with Crippen molar-refractivity contribution < 1.29 is 14.3 Å². The number of thiophene rings is 1. The predicted molar refractivity (Wildman–Crippen MR) is 94.6 cm³/mol. The Morgan fingerprint density at radius 1 is 1.25 bits per heavy atom. The lowest BCUT2D eigenvalue weighted by Gasteiger charge is -2.13. The quantitative estimate of drug-likeness (QED) is 0.561. The van der Waals surface area contributed by atoms with E-state index in [2.05, 4.69) is 10.3 Å². The molecule has 0 spiro atoms. The van der Waals surface area contributed by atoms with Crippen molar-refractivity contribution >= 4 is 50.6 Å². The van der Waals surface area contributed by atoms with Gasteiger partial charge in [0.15, 0.2) is 11.3 Å². The molecule has 0 saturated heterocycles. The van der Waals surface area contributed by atoms with Gasteiger partial charge in [-0.3, -0.25) is 4.79 Å². The minimum Gasteiger partial charge on any atom is -0.448 e. The molecule has 0 aliphatic heterocycles. The zero-order valence-electron chi connectivity index (χ0n) is 12.7. The Kier molecular flexibility index (Phi) is 4.78. The molecule has 1 N–H and O–H groups in total. The molecule has 122 valence electrons. The number of esters is 1. The minimum atomic E-state index is -0.959. The van der Waals surface area contributed by atoms with Crippen LogP contribution in [0.3, 0.4) is 0 Å². The first-order chi connectivity index (χ1) is 11.5. The summed E-state index contributed by atoms with van der Waals surface area (Å²) in [5.41, 5.74) is 0.369. The molecule has 3 aromatic rings. The van der Waals surface area contributed by atoms with Crippen molar-refractivity contribution in [2.24, 2.45) is 0 Å². The molecule has 0 aliphatic rings. The van der Waals surface area contributed by atoms with E-state index in [1.807, 2.05) is 24.3 Å². The average molecular weight is 361 g/mol. The Labute approximate surface area is 147 Å². The summed E-state index contributed by atoms with van der Waals surface area (Å²) in [5, 5.41) is 3.73. The van der Waals surface area contributed by atoms with Gasteiger partial charge in [-0.25, -0.2) is 9.78 Å². The van der Waals surface area contributed by atoms with Gasteiger partial charge in [-0.2, -0.15) is 0 Å². The first-order valence-electron chi connectivity index (χ1n) is 7.15. The molecule has 0 saturated carbocycles. The maximum absolute atomic E-state index is 12.2. The Bertz CT molecular complexity index is 876. The zero-order chi connectivity index (χ0) is 17.1. The van der Waals surface area contributed by atoms with Gasteiger partial charge in [0.25, 0.3) is 5.91 Å². The van der Waals surface area contributed by atoms with Crippen LogP contribution in [-0.4, -0.2) is 23.0 Å². The zero-order valence-corrected chi connectivity index (χ0v) is 14.2. The number of nitrogens with zero attached hydrogens (tertiary/aromatic N) is 1. The highest BCUT2D eigenvalue weighted by atomic mass is 35.5. The van der Waals surface area contributed by atoms with Gasteiger partial charge in [0, 0.05) is 10.9 Å². The smallest absolute Gasteiger partial charge is 0.349 e. The number of fused-ring (bicyclic) bond motifs is 1. The van der Waals surface area contributed by atoms with Gasteiger partial charge in [0.2, 0.25) is 0 Å². The number of hydrogen-bond donors (Lipinski definition) is 1. The van der Waals surface area contributed by atoms with Crippen molar-refractivity contribution in [2.75, 3.05) is 5.32 Å². The van der Waals surface area contributed by atoms with Crippen molar-refractivity contribution in [3.63, 3.8) is 0 Å². The Balaban J connectivity index is 1.67. The van der Waals surface area contributed by atoms with Crippen LogP contribution in [0, 0.1) is 0 Å². The van der Waals surface area contributed by atoms with Crippen LogP contribution in [0.25, 0.3) is 10.1 Å². The van der Waals surface area contributed by atoms with Gasteiger partial charge in [-0.15, -0.1) is 11.3 Å². The van der Waals surface area contributed by atoms with E-state index in [1.165, 1.54) is 24.5 Å². The van der Waals surface area contributed by atoms with E-state index in [0.717, 1.165) is 10.1 Å². The van der Waals surface area contributed by atoms with Crippen LogP contribution < -0.4 is 5.32 Å². The number of pyridine rings is 1. The molecular weight excluding hydrogens is 348 g/mol. The molecule has 0 fully saturated rings. The number of benzene rings is 1. The lowest BCUT2D eigenvalue weighted by atomic mass is 10.2. The normalized spacial score (nSPS) is 11.9.